The van der Waals surface area contributed by atoms with Gasteiger partial charge in [-0.3, -0.25) is 9.59 Å². The van der Waals surface area contributed by atoms with Crippen molar-refractivity contribution in [3.63, 3.8) is 0 Å². The highest BCUT2D eigenvalue weighted by Crippen LogP contribution is 2.57. The van der Waals surface area contributed by atoms with Gasteiger partial charge in [0, 0.05) is 12.5 Å². The van der Waals surface area contributed by atoms with E-state index >= 15 is 0 Å². The number of aliphatic carboxylic acids is 1. The molecule has 0 spiro atoms. The zero-order valence-corrected chi connectivity index (χ0v) is 17.6. The van der Waals surface area contributed by atoms with Crippen LogP contribution in [-0.4, -0.2) is 28.7 Å². The number of amides is 1. The zero-order valence-electron chi connectivity index (χ0n) is 17.6. The molecule has 5 heteroatoms. The molecule has 0 heterocycles. The summed E-state index contributed by atoms with van der Waals surface area (Å²) in [6.07, 6.45) is 4.51. The predicted octanol–water partition coefficient (Wildman–Crippen LogP) is 4.32. The topological polar surface area (TPSA) is 66.4 Å². The van der Waals surface area contributed by atoms with Gasteiger partial charge in [-0.1, -0.05) is 23.8 Å². The van der Waals surface area contributed by atoms with Crippen molar-refractivity contribution in [2.75, 3.05) is 0 Å². The Labute approximate surface area is 172 Å². The number of nitrogens with one attached hydrogen (secondary N) is 1. The smallest absolute Gasteiger partial charge is 0.303 e. The van der Waals surface area contributed by atoms with Gasteiger partial charge in [0.15, 0.2) is 0 Å². The van der Waals surface area contributed by atoms with Crippen LogP contribution in [0.5, 0.6) is 0 Å². The van der Waals surface area contributed by atoms with Crippen LogP contribution in [0.15, 0.2) is 18.2 Å². The standard InChI is InChI=1S/C24H32FNO3/c1-14-6-15(4-5-20(27)28)10-19(7-14)23(2,3)22(29)26-21-17-8-16-9-18(21)13-24(25,11-16)12-17/h6-7,10,16-18,21H,4-5,8-9,11-13H2,1-3H3,(H,26,29)(H,27,28)/t16?,17-,18?,21?,24?/m1/s1. The van der Waals surface area contributed by atoms with Crippen molar-refractivity contribution in [1.29, 1.82) is 0 Å². The molecule has 4 fully saturated rings. The molecular weight excluding hydrogens is 369 g/mol. The first kappa shape index (κ1) is 20.4. The van der Waals surface area contributed by atoms with E-state index in [0.29, 0.717) is 31.6 Å². The minimum Gasteiger partial charge on any atom is -0.481 e. The summed E-state index contributed by atoms with van der Waals surface area (Å²) in [5, 5.41) is 12.3. The Balaban J connectivity index is 1.50. The number of carboxylic acid groups (broad SMARTS) is 1. The summed E-state index contributed by atoms with van der Waals surface area (Å²) in [7, 11) is 0. The van der Waals surface area contributed by atoms with Crippen LogP contribution in [0, 0.1) is 24.7 Å². The third-order valence-corrected chi connectivity index (χ3v) is 7.55. The van der Waals surface area contributed by atoms with E-state index in [1.54, 1.807) is 0 Å². The van der Waals surface area contributed by atoms with Crippen molar-refractivity contribution in [3.8, 4) is 0 Å². The van der Waals surface area contributed by atoms with Crippen molar-refractivity contribution < 1.29 is 19.1 Å². The molecule has 4 saturated carbocycles. The molecule has 0 saturated heterocycles. The monoisotopic (exact) mass is 401 g/mol. The van der Waals surface area contributed by atoms with Crippen LogP contribution < -0.4 is 5.32 Å². The lowest BCUT2D eigenvalue weighted by Crippen LogP contribution is -2.61. The summed E-state index contributed by atoms with van der Waals surface area (Å²) >= 11 is 0. The molecule has 158 valence electrons. The minimum atomic E-state index is -0.997. The lowest BCUT2D eigenvalue weighted by molar-refractivity contribution is -0.137. The van der Waals surface area contributed by atoms with E-state index in [4.69, 9.17) is 5.11 Å². The second-order valence-electron chi connectivity index (χ2n) is 10.3. The van der Waals surface area contributed by atoms with Crippen LogP contribution in [0.3, 0.4) is 0 Å². The second-order valence-corrected chi connectivity index (χ2v) is 10.3. The lowest BCUT2D eigenvalue weighted by Gasteiger charge is -2.57. The molecule has 0 radical (unpaired) electrons. The Morgan fingerprint density at radius 3 is 2.41 bits per heavy atom. The molecule has 4 bridgehead atoms. The van der Waals surface area contributed by atoms with Gasteiger partial charge in [-0.15, -0.1) is 0 Å². The molecule has 4 aliphatic rings. The molecule has 4 unspecified atom stereocenters. The predicted molar refractivity (Wildman–Crippen MR) is 109 cm³/mol. The van der Waals surface area contributed by atoms with Crippen LogP contribution in [0.2, 0.25) is 0 Å². The molecule has 4 aliphatic carbocycles. The van der Waals surface area contributed by atoms with Crippen molar-refractivity contribution in [3.05, 3.63) is 34.9 Å². The average molecular weight is 402 g/mol. The van der Waals surface area contributed by atoms with Crippen LogP contribution in [0.25, 0.3) is 0 Å². The number of halogens is 1. The van der Waals surface area contributed by atoms with Gasteiger partial charge in [-0.2, -0.15) is 0 Å². The van der Waals surface area contributed by atoms with Crippen LogP contribution >= 0.6 is 0 Å². The normalized spacial score (nSPS) is 33.0. The number of hydrogen-bond donors (Lipinski definition) is 2. The van der Waals surface area contributed by atoms with Crippen molar-refractivity contribution in [2.24, 2.45) is 17.8 Å². The first-order valence-electron chi connectivity index (χ1n) is 10.9. The Bertz CT molecular complexity index is 817. The van der Waals surface area contributed by atoms with Gasteiger partial charge in [0.2, 0.25) is 5.91 Å². The number of benzene rings is 1. The maximum atomic E-state index is 15.0. The number of carbonyl (C=O) groups is 2. The van der Waals surface area contributed by atoms with E-state index in [9.17, 15) is 14.0 Å². The maximum absolute atomic E-state index is 15.0. The molecule has 0 aromatic heterocycles. The summed E-state index contributed by atoms with van der Waals surface area (Å²) in [6, 6.07) is 6.04. The van der Waals surface area contributed by atoms with Crippen LogP contribution in [-0.2, 0) is 21.4 Å². The second kappa shape index (κ2) is 7.10. The van der Waals surface area contributed by atoms with E-state index in [0.717, 1.165) is 29.5 Å². The summed E-state index contributed by atoms with van der Waals surface area (Å²) in [5.41, 5.74) is 1.14. The van der Waals surface area contributed by atoms with Gasteiger partial charge in [0.05, 0.1) is 5.41 Å². The lowest BCUT2D eigenvalue weighted by atomic mass is 9.53. The number of alkyl halides is 1. The van der Waals surface area contributed by atoms with Crippen LogP contribution in [0.4, 0.5) is 4.39 Å². The van der Waals surface area contributed by atoms with Crippen molar-refractivity contribution >= 4 is 11.9 Å². The van der Waals surface area contributed by atoms with Gasteiger partial charge in [0.25, 0.3) is 0 Å². The van der Waals surface area contributed by atoms with E-state index < -0.39 is 17.1 Å². The first-order valence-corrected chi connectivity index (χ1v) is 10.9. The molecule has 29 heavy (non-hydrogen) atoms. The molecule has 4 nitrogen and oxygen atoms in total. The third kappa shape index (κ3) is 3.93. The van der Waals surface area contributed by atoms with Gasteiger partial charge in [0.1, 0.15) is 5.67 Å². The van der Waals surface area contributed by atoms with Gasteiger partial charge in [-0.05, 0) is 88.2 Å². The van der Waals surface area contributed by atoms with E-state index in [2.05, 4.69) is 5.32 Å². The van der Waals surface area contributed by atoms with Crippen molar-refractivity contribution in [1.82, 2.24) is 5.32 Å². The molecule has 0 aliphatic heterocycles. The van der Waals surface area contributed by atoms with Gasteiger partial charge < -0.3 is 10.4 Å². The number of hydrogen-bond acceptors (Lipinski definition) is 2. The molecule has 1 amide bonds. The Kier molecular flexibility index (Phi) is 4.99. The highest BCUT2D eigenvalue weighted by atomic mass is 19.1. The molecule has 1 aromatic carbocycles. The maximum Gasteiger partial charge on any atom is 0.303 e. The Morgan fingerprint density at radius 1 is 1.17 bits per heavy atom. The molecular formula is C24H32FNO3. The first-order chi connectivity index (χ1) is 13.6. The largest absolute Gasteiger partial charge is 0.481 e. The summed E-state index contributed by atoms with van der Waals surface area (Å²) < 4.78 is 15.0. The molecule has 1 aromatic rings. The van der Waals surface area contributed by atoms with Gasteiger partial charge in [-0.25, -0.2) is 4.39 Å². The fourth-order valence-corrected chi connectivity index (χ4v) is 6.24. The summed E-state index contributed by atoms with van der Waals surface area (Å²) in [6.45, 7) is 5.82. The fourth-order valence-electron chi connectivity index (χ4n) is 6.24. The van der Waals surface area contributed by atoms with E-state index in [1.807, 2.05) is 39.0 Å². The third-order valence-electron chi connectivity index (χ3n) is 7.55. The zero-order chi connectivity index (χ0) is 21.0. The summed E-state index contributed by atoms with van der Waals surface area (Å²) in [5.74, 6) is 0.173. The summed E-state index contributed by atoms with van der Waals surface area (Å²) in [4.78, 5) is 24.2. The Morgan fingerprint density at radius 2 is 1.83 bits per heavy atom. The van der Waals surface area contributed by atoms with Crippen LogP contribution in [0.1, 0.15) is 69.1 Å². The van der Waals surface area contributed by atoms with Gasteiger partial charge >= 0.3 is 5.97 Å². The number of rotatable bonds is 6. The number of carbonyl (C=O) groups excluding carboxylic acids is 1. The average Bonchev–Trinajstić information content (AvgIpc) is 2.61. The number of carboxylic acids is 1. The van der Waals surface area contributed by atoms with Crippen molar-refractivity contribution in [2.45, 2.75) is 82.8 Å². The highest BCUT2D eigenvalue weighted by Gasteiger charge is 2.56. The SMILES string of the molecule is Cc1cc(CCC(=O)O)cc(C(C)(C)C(=O)NC2C3CC4C[C@@H]2CC(F)(C4)C3)c1. The molecule has 5 rings (SSSR count). The van der Waals surface area contributed by atoms with E-state index in [1.165, 1.54) is 0 Å². The molecule has 2 N–H and O–H groups in total. The minimum absolute atomic E-state index is 0.0160. The number of aryl methyl sites for hydroxylation is 2. The Hall–Kier alpha value is -1.91. The quantitative estimate of drug-likeness (QED) is 0.746. The molecule has 5 atom stereocenters. The fraction of sp³-hybridized carbons (Fsp3) is 0.667. The highest BCUT2D eigenvalue weighted by molar-refractivity contribution is 5.87. The van der Waals surface area contributed by atoms with E-state index in [-0.39, 0.29) is 30.2 Å².